The number of nitrogens with two attached hydrogens (primary N) is 1. The Hall–Kier alpha value is -1.96. The Morgan fingerprint density at radius 2 is 1.75 bits per heavy atom. The summed E-state index contributed by atoms with van der Waals surface area (Å²) in [4.78, 5) is 26.3. The number of amides is 2. The SMILES string of the molecule is CC1CN(Cc2ccccc2CNC(=O)CNC(=O)[C@@H](N)C(C)C)CC(C)O1. The minimum atomic E-state index is -0.605. The van der Waals surface area contributed by atoms with E-state index in [0.29, 0.717) is 6.54 Å². The molecule has 0 spiro atoms. The number of hydrogen-bond acceptors (Lipinski definition) is 5. The molecule has 3 atom stereocenters. The van der Waals surface area contributed by atoms with Gasteiger partial charge in [0, 0.05) is 26.2 Å². The van der Waals surface area contributed by atoms with Crippen molar-refractivity contribution in [2.75, 3.05) is 19.6 Å². The third-order valence-electron chi connectivity index (χ3n) is 4.93. The lowest BCUT2D eigenvalue weighted by Crippen LogP contribution is -2.47. The summed E-state index contributed by atoms with van der Waals surface area (Å²) in [6.45, 7) is 10.9. The second kappa shape index (κ2) is 10.5. The molecule has 156 valence electrons. The van der Waals surface area contributed by atoms with E-state index in [1.54, 1.807) is 0 Å². The number of carbonyl (C=O) groups is 2. The van der Waals surface area contributed by atoms with Crippen molar-refractivity contribution in [3.05, 3.63) is 35.4 Å². The van der Waals surface area contributed by atoms with E-state index in [1.807, 2.05) is 32.0 Å². The normalized spacial score (nSPS) is 21.4. The molecular weight excluding hydrogens is 356 g/mol. The number of benzene rings is 1. The van der Waals surface area contributed by atoms with Gasteiger partial charge in [0.25, 0.3) is 0 Å². The van der Waals surface area contributed by atoms with Crippen molar-refractivity contribution in [1.29, 1.82) is 0 Å². The number of hydrogen-bond donors (Lipinski definition) is 3. The van der Waals surface area contributed by atoms with Crippen LogP contribution in [0.4, 0.5) is 0 Å². The van der Waals surface area contributed by atoms with Gasteiger partial charge in [0.1, 0.15) is 0 Å². The molecule has 0 aromatic heterocycles. The van der Waals surface area contributed by atoms with Crippen molar-refractivity contribution in [3.63, 3.8) is 0 Å². The number of morpholine rings is 1. The van der Waals surface area contributed by atoms with Gasteiger partial charge in [-0.1, -0.05) is 38.1 Å². The van der Waals surface area contributed by atoms with Crippen LogP contribution in [0.25, 0.3) is 0 Å². The van der Waals surface area contributed by atoms with Gasteiger partial charge in [-0.05, 0) is 30.9 Å². The molecule has 2 unspecified atom stereocenters. The lowest BCUT2D eigenvalue weighted by atomic mass is 10.1. The van der Waals surface area contributed by atoms with Crippen LogP contribution in [0.5, 0.6) is 0 Å². The van der Waals surface area contributed by atoms with Gasteiger partial charge in [0.15, 0.2) is 0 Å². The first kappa shape index (κ1) is 22.3. The zero-order valence-corrected chi connectivity index (χ0v) is 17.4. The van der Waals surface area contributed by atoms with Gasteiger partial charge < -0.3 is 21.1 Å². The maximum Gasteiger partial charge on any atom is 0.239 e. The van der Waals surface area contributed by atoms with Gasteiger partial charge in [-0.25, -0.2) is 0 Å². The molecule has 0 bridgehead atoms. The number of rotatable bonds is 8. The molecular formula is C21H34N4O3. The number of carbonyl (C=O) groups excluding carboxylic acids is 2. The van der Waals surface area contributed by atoms with E-state index in [-0.39, 0.29) is 36.5 Å². The Labute approximate surface area is 168 Å². The van der Waals surface area contributed by atoms with Gasteiger partial charge in [0.2, 0.25) is 11.8 Å². The van der Waals surface area contributed by atoms with Crippen LogP contribution in [0.1, 0.15) is 38.8 Å². The minimum Gasteiger partial charge on any atom is -0.373 e. The number of nitrogens with zero attached hydrogens (tertiary/aromatic N) is 1. The van der Waals surface area contributed by atoms with Crippen molar-refractivity contribution in [1.82, 2.24) is 15.5 Å². The standard InChI is InChI=1S/C21H34N4O3/c1-14(2)20(22)21(27)24-10-19(26)23-9-17-7-5-6-8-18(17)13-25-11-15(3)28-16(4)12-25/h5-8,14-16,20H,9-13,22H2,1-4H3,(H,23,26)(H,24,27)/t15?,16?,20-/m0/s1. The van der Waals surface area contributed by atoms with E-state index in [9.17, 15) is 9.59 Å². The van der Waals surface area contributed by atoms with E-state index < -0.39 is 6.04 Å². The van der Waals surface area contributed by atoms with Gasteiger partial charge in [-0.15, -0.1) is 0 Å². The summed E-state index contributed by atoms with van der Waals surface area (Å²) in [5.41, 5.74) is 8.05. The van der Waals surface area contributed by atoms with Crippen molar-refractivity contribution in [2.24, 2.45) is 11.7 Å². The number of nitrogens with one attached hydrogen (secondary N) is 2. The Morgan fingerprint density at radius 3 is 2.36 bits per heavy atom. The molecule has 1 saturated heterocycles. The van der Waals surface area contributed by atoms with E-state index in [1.165, 1.54) is 5.56 Å². The Kier molecular flexibility index (Phi) is 8.41. The molecule has 2 amide bonds. The number of ether oxygens (including phenoxy) is 1. The van der Waals surface area contributed by atoms with E-state index in [4.69, 9.17) is 10.5 Å². The van der Waals surface area contributed by atoms with Crippen LogP contribution >= 0.6 is 0 Å². The smallest absolute Gasteiger partial charge is 0.239 e. The van der Waals surface area contributed by atoms with Crippen LogP contribution in [0.3, 0.4) is 0 Å². The van der Waals surface area contributed by atoms with Crippen LogP contribution in [0.15, 0.2) is 24.3 Å². The molecule has 1 fully saturated rings. The summed E-state index contributed by atoms with van der Waals surface area (Å²) in [6.07, 6.45) is 0.438. The minimum absolute atomic E-state index is 0.0283. The van der Waals surface area contributed by atoms with Crippen LogP contribution < -0.4 is 16.4 Å². The van der Waals surface area contributed by atoms with Crippen LogP contribution in [0, 0.1) is 5.92 Å². The average Bonchev–Trinajstić information content (AvgIpc) is 2.63. The summed E-state index contributed by atoms with van der Waals surface area (Å²) >= 11 is 0. The van der Waals surface area contributed by atoms with E-state index in [0.717, 1.165) is 25.2 Å². The third kappa shape index (κ3) is 6.89. The predicted molar refractivity (Wildman–Crippen MR) is 109 cm³/mol. The van der Waals surface area contributed by atoms with Crippen LogP contribution in [-0.4, -0.2) is 54.6 Å². The molecule has 1 heterocycles. The molecule has 0 aliphatic carbocycles. The molecule has 1 aromatic carbocycles. The molecule has 7 heteroatoms. The monoisotopic (exact) mass is 390 g/mol. The van der Waals surface area contributed by atoms with Gasteiger partial charge in [0.05, 0.1) is 24.8 Å². The maximum absolute atomic E-state index is 12.1. The third-order valence-corrected chi connectivity index (χ3v) is 4.93. The summed E-state index contributed by atoms with van der Waals surface area (Å²) in [5.74, 6) is -0.505. The van der Waals surface area contributed by atoms with Crippen molar-refractivity contribution in [2.45, 2.75) is 59.0 Å². The first-order chi connectivity index (χ1) is 13.3. The Morgan fingerprint density at radius 1 is 1.14 bits per heavy atom. The Bertz CT molecular complexity index is 655. The van der Waals surface area contributed by atoms with Gasteiger partial charge in [-0.3, -0.25) is 14.5 Å². The van der Waals surface area contributed by atoms with Crippen molar-refractivity contribution in [3.8, 4) is 0 Å². The predicted octanol–water partition coefficient (Wildman–Crippen LogP) is 1.01. The fourth-order valence-corrected chi connectivity index (χ4v) is 3.38. The molecule has 1 aliphatic rings. The molecule has 2 rings (SSSR count). The molecule has 1 aliphatic heterocycles. The van der Waals surface area contributed by atoms with Gasteiger partial charge >= 0.3 is 0 Å². The maximum atomic E-state index is 12.1. The second-order valence-corrected chi connectivity index (χ2v) is 7.98. The highest BCUT2D eigenvalue weighted by Gasteiger charge is 2.22. The molecule has 0 radical (unpaired) electrons. The molecule has 4 N–H and O–H groups in total. The highest BCUT2D eigenvalue weighted by atomic mass is 16.5. The lowest BCUT2D eigenvalue weighted by molar-refractivity contribution is -0.127. The second-order valence-electron chi connectivity index (χ2n) is 7.98. The van der Waals surface area contributed by atoms with E-state index >= 15 is 0 Å². The molecule has 28 heavy (non-hydrogen) atoms. The van der Waals surface area contributed by atoms with Crippen molar-refractivity contribution >= 4 is 11.8 Å². The highest BCUT2D eigenvalue weighted by Crippen LogP contribution is 2.17. The molecule has 7 nitrogen and oxygen atoms in total. The zero-order chi connectivity index (χ0) is 20.7. The highest BCUT2D eigenvalue weighted by molar-refractivity contribution is 5.87. The topological polar surface area (TPSA) is 96.7 Å². The summed E-state index contributed by atoms with van der Waals surface area (Å²) in [6, 6.07) is 7.50. The Balaban J connectivity index is 1.85. The zero-order valence-electron chi connectivity index (χ0n) is 17.4. The fourth-order valence-electron chi connectivity index (χ4n) is 3.38. The summed E-state index contributed by atoms with van der Waals surface area (Å²) in [7, 11) is 0. The average molecular weight is 391 g/mol. The quantitative estimate of drug-likeness (QED) is 0.616. The van der Waals surface area contributed by atoms with Gasteiger partial charge in [-0.2, -0.15) is 0 Å². The van der Waals surface area contributed by atoms with Crippen LogP contribution in [-0.2, 0) is 27.4 Å². The summed E-state index contributed by atoms with van der Waals surface area (Å²) in [5, 5.41) is 5.47. The van der Waals surface area contributed by atoms with Crippen LogP contribution in [0.2, 0.25) is 0 Å². The van der Waals surface area contributed by atoms with E-state index in [2.05, 4.69) is 35.4 Å². The largest absolute Gasteiger partial charge is 0.373 e. The lowest BCUT2D eigenvalue weighted by Gasteiger charge is -2.35. The first-order valence-corrected chi connectivity index (χ1v) is 10.0. The van der Waals surface area contributed by atoms with Crippen molar-refractivity contribution < 1.29 is 14.3 Å². The first-order valence-electron chi connectivity index (χ1n) is 10.0. The molecule has 1 aromatic rings. The molecule has 0 saturated carbocycles. The fraction of sp³-hybridized carbons (Fsp3) is 0.619. The summed E-state index contributed by atoms with van der Waals surface area (Å²) < 4.78 is 5.80.